The van der Waals surface area contributed by atoms with E-state index in [1.54, 1.807) is 0 Å². The van der Waals surface area contributed by atoms with Crippen LogP contribution in [0, 0.1) is 17.2 Å². The standard InChI is InChI=1S/C15H22N2O/c1-12(2)8-15(3,18)11-17-10-14-7-5-4-6-13(14)9-16/h4-7,12,17-18H,8,10-11H2,1-3H3. The number of benzene rings is 1. The first-order valence-corrected chi connectivity index (χ1v) is 6.36. The van der Waals surface area contributed by atoms with Gasteiger partial charge in [0.1, 0.15) is 0 Å². The van der Waals surface area contributed by atoms with Gasteiger partial charge in [0.15, 0.2) is 0 Å². The largest absolute Gasteiger partial charge is 0.389 e. The summed E-state index contributed by atoms with van der Waals surface area (Å²) in [5.74, 6) is 0.466. The molecule has 0 aliphatic carbocycles. The van der Waals surface area contributed by atoms with Crippen LogP contribution in [0.1, 0.15) is 38.3 Å². The molecule has 0 aliphatic rings. The fraction of sp³-hybridized carbons (Fsp3) is 0.533. The highest BCUT2D eigenvalue weighted by Crippen LogP contribution is 2.15. The smallest absolute Gasteiger partial charge is 0.0995 e. The molecule has 1 rings (SSSR count). The van der Waals surface area contributed by atoms with Crippen LogP contribution >= 0.6 is 0 Å². The van der Waals surface area contributed by atoms with E-state index in [1.807, 2.05) is 31.2 Å². The summed E-state index contributed by atoms with van der Waals surface area (Å²) in [6, 6.07) is 9.69. The summed E-state index contributed by atoms with van der Waals surface area (Å²) in [6.45, 7) is 7.18. The van der Waals surface area contributed by atoms with Crippen molar-refractivity contribution in [2.45, 2.75) is 39.3 Å². The van der Waals surface area contributed by atoms with Crippen LogP contribution in [-0.2, 0) is 6.54 Å². The molecule has 0 saturated carbocycles. The lowest BCUT2D eigenvalue weighted by atomic mass is 9.94. The third-order valence-corrected chi connectivity index (χ3v) is 2.81. The Morgan fingerprint density at radius 3 is 2.67 bits per heavy atom. The molecule has 0 fully saturated rings. The lowest BCUT2D eigenvalue weighted by Gasteiger charge is -2.25. The zero-order chi connectivity index (χ0) is 13.6. The molecule has 1 aromatic rings. The van der Waals surface area contributed by atoms with Gasteiger partial charge in [0.2, 0.25) is 0 Å². The van der Waals surface area contributed by atoms with Gasteiger partial charge in [0.05, 0.1) is 17.2 Å². The van der Waals surface area contributed by atoms with Crippen LogP contribution in [0.15, 0.2) is 24.3 Å². The summed E-state index contributed by atoms with van der Waals surface area (Å²) in [5.41, 5.74) is 0.962. The molecule has 0 aliphatic heterocycles. The van der Waals surface area contributed by atoms with Crippen molar-refractivity contribution < 1.29 is 5.11 Å². The number of hydrogen-bond donors (Lipinski definition) is 2. The molecule has 3 nitrogen and oxygen atoms in total. The predicted octanol–water partition coefficient (Wildman–Crippen LogP) is 2.44. The van der Waals surface area contributed by atoms with E-state index < -0.39 is 5.60 Å². The Labute approximate surface area is 109 Å². The van der Waals surface area contributed by atoms with Crippen molar-refractivity contribution >= 4 is 0 Å². The number of nitrogens with one attached hydrogen (secondary N) is 1. The van der Waals surface area contributed by atoms with E-state index in [0.717, 1.165) is 12.0 Å². The van der Waals surface area contributed by atoms with E-state index in [2.05, 4.69) is 25.2 Å². The van der Waals surface area contributed by atoms with Crippen molar-refractivity contribution in [3.8, 4) is 6.07 Å². The average Bonchev–Trinajstić information content (AvgIpc) is 2.27. The normalized spacial score (nSPS) is 14.2. The molecule has 2 N–H and O–H groups in total. The second kappa shape index (κ2) is 6.53. The van der Waals surface area contributed by atoms with Gasteiger partial charge in [0.25, 0.3) is 0 Å². The Bertz CT molecular complexity index is 419. The Kier molecular flexibility index (Phi) is 5.33. The number of nitrogens with zero attached hydrogens (tertiary/aromatic N) is 1. The molecule has 0 amide bonds. The lowest BCUT2D eigenvalue weighted by Crippen LogP contribution is -2.38. The molecule has 1 atom stereocenters. The third-order valence-electron chi connectivity index (χ3n) is 2.81. The van der Waals surface area contributed by atoms with Gasteiger partial charge >= 0.3 is 0 Å². The molecular formula is C15H22N2O. The Morgan fingerprint density at radius 1 is 1.39 bits per heavy atom. The molecule has 0 radical (unpaired) electrons. The van der Waals surface area contributed by atoms with E-state index in [1.165, 1.54) is 0 Å². The summed E-state index contributed by atoms with van der Waals surface area (Å²) in [4.78, 5) is 0. The second-order valence-electron chi connectivity index (χ2n) is 5.47. The zero-order valence-electron chi connectivity index (χ0n) is 11.4. The van der Waals surface area contributed by atoms with E-state index in [-0.39, 0.29) is 0 Å². The van der Waals surface area contributed by atoms with Gasteiger partial charge < -0.3 is 10.4 Å². The van der Waals surface area contributed by atoms with Gasteiger partial charge in [0, 0.05) is 13.1 Å². The van der Waals surface area contributed by atoms with Crippen LogP contribution in [0.5, 0.6) is 0 Å². The molecule has 3 heteroatoms. The maximum absolute atomic E-state index is 10.2. The molecule has 0 aromatic heterocycles. The number of aliphatic hydroxyl groups is 1. The minimum atomic E-state index is -0.699. The Balaban J connectivity index is 2.49. The van der Waals surface area contributed by atoms with Crippen molar-refractivity contribution in [3.05, 3.63) is 35.4 Å². The van der Waals surface area contributed by atoms with E-state index in [0.29, 0.717) is 24.6 Å². The van der Waals surface area contributed by atoms with Crippen LogP contribution in [0.2, 0.25) is 0 Å². The zero-order valence-corrected chi connectivity index (χ0v) is 11.4. The van der Waals surface area contributed by atoms with Gasteiger partial charge in [-0.3, -0.25) is 0 Å². The quantitative estimate of drug-likeness (QED) is 0.810. The summed E-state index contributed by atoms with van der Waals surface area (Å²) >= 11 is 0. The number of hydrogen-bond acceptors (Lipinski definition) is 3. The summed E-state index contributed by atoms with van der Waals surface area (Å²) in [7, 11) is 0. The van der Waals surface area contributed by atoms with E-state index in [9.17, 15) is 5.11 Å². The highest BCUT2D eigenvalue weighted by molar-refractivity contribution is 5.37. The first-order chi connectivity index (χ1) is 8.44. The van der Waals surface area contributed by atoms with Crippen molar-refractivity contribution in [3.63, 3.8) is 0 Å². The SMILES string of the molecule is CC(C)CC(C)(O)CNCc1ccccc1C#N. The summed E-state index contributed by atoms with van der Waals surface area (Å²) in [5, 5.41) is 22.4. The van der Waals surface area contributed by atoms with E-state index in [4.69, 9.17) is 5.26 Å². The minimum absolute atomic E-state index is 0.466. The second-order valence-corrected chi connectivity index (χ2v) is 5.47. The van der Waals surface area contributed by atoms with Crippen LogP contribution in [0.3, 0.4) is 0 Å². The molecule has 1 unspecified atom stereocenters. The third kappa shape index (κ3) is 4.87. The predicted molar refractivity (Wildman–Crippen MR) is 72.9 cm³/mol. The number of nitriles is 1. The first-order valence-electron chi connectivity index (χ1n) is 6.36. The van der Waals surface area contributed by atoms with Crippen molar-refractivity contribution in [1.29, 1.82) is 5.26 Å². The molecule has 0 bridgehead atoms. The average molecular weight is 246 g/mol. The monoisotopic (exact) mass is 246 g/mol. The van der Waals surface area contributed by atoms with E-state index >= 15 is 0 Å². The van der Waals surface area contributed by atoms with Gasteiger partial charge in [-0.25, -0.2) is 0 Å². The first kappa shape index (κ1) is 14.7. The van der Waals surface area contributed by atoms with Crippen molar-refractivity contribution in [2.75, 3.05) is 6.54 Å². The van der Waals surface area contributed by atoms with Crippen molar-refractivity contribution in [2.24, 2.45) is 5.92 Å². The van der Waals surface area contributed by atoms with Crippen LogP contribution in [0.4, 0.5) is 0 Å². The fourth-order valence-corrected chi connectivity index (χ4v) is 2.20. The van der Waals surface area contributed by atoms with Crippen LogP contribution < -0.4 is 5.32 Å². The Morgan fingerprint density at radius 2 is 2.06 bits per heavy atom. The van der Waals surface area contributed by atoms with Gasteiger partial charge in [-0.05, 0) is 30.9 Å². The molecule has 0 spiro atoms. The Hall–Kier alpha value is -1.37. The van der Waals surface area contributed by atoms with Crippen molar-refractivity contribution in [1.82, 2.24) is 5.32 Å². The molecule has 0 heterocycles. The summed E-state index contributed by atoms with van der Waals surface area (Å²) < 4.78 is 0. The topological polar surface area (TPSA) is 56.0 Å². The highest BCUT2D eigenvalue weighted by atomic mass is 16.3. The summed E-state index contributed by atoms with van der Waals surface area (Å²) in [6.07, 6.45) is 0.764. The van der Waals surface area contributed by atoms with Gasteiger partial charge in [-0.2, -0.15) is 5.26 Å². The molecule has 0 saturated heterocycles. The van der Waals surface area contributed by atoms with Crippen LogP contribution in [0.25, 0.3) is 0 Å². The lowest BCUT2D eigenvalue weighted by molar-refractivity contribution is 0.0383. The fourth-order valence-electron chi connectivity index (χ4n) is 2.20. The molecule has 98 valence electrons. The molecular weight excluding hydrogens is 224 g/mol. The minimum Gasteiger partial charge on any atom is -0.389 e. The molecule has 1 aromatic carbocycles. The van der Waals surface area contributed by atoms with Gasteiger partial charge in [-0.1, -0.05) is 32.0 Å². The molecule has 18 heavy (non-hydrogen) atoms. The highest BCUT2D eigenvalue weighted by Gasteiger charge is 2.21. The maximum atomic E-state index is 10.2. The number of rotatable bonds is 6. The maximum Gasteiger partial charge on any atom is 0.0995 e. The van der Waals surface area contributed by atoms with Gasteiger partial charge in [-0.15, -0.1) is 0 Å². The van der Waals surface area contributed by atoms with Crippen LogP contribution in [-0.4, -0.2) is 17.3 Å².